The highest BCUT2D eigenvalue weighted by molar-refractivity contribution is 5.96. The maximum atomic E-state index is 13.6. The molecule has 21 heavy (non-hydrogen) atoms. The van der Waals surface area contributed by atoms with E-state index in [1.807, 2.05) is 0 Å². The highest BCUT2D eigenvalue weighted by Gasteiger charge is 2.19. The second-order valence-corrected chi connectivity index (χ2v) is 4.63. The molecule has 1 aliphatic rings. The first-order chi connectivity index (χ1) is 9.97. The zero-order valence-corrected chi connectivity index (χ0v) is 11.1. The normalized spacial score (nSPS) is 18.3. The number of nitrogens with one attached hydrogen (secondary N) is 2. The maximum Gasteiger partial charge on any atom is 0.251 e. The van der Waals surface area contributed by atoms with E-state index in [-0.39, 0.29) is 18.2 Å². The van der Waals surface area contributed by atoms with E-state index in [4.69, 9.17) is 10.5 Å². The van der Waals surface area contributed by atoms with Crippen LogP contribution in [0.25, 0.3) is 0 Å². The second-order valence-electron chi connectivity index (χ2n) is 4.63. The number of carbonyl (C=O) groups excluding carboxylic acids is 2. The number of benzene rings is 1. The average Bonchev–Trinajstić information content (AvgIpc) is 2.42. The molecule has 1 saturated heterocycles. The molecule has 0 saturated carbocycles. The van der Waals surface area contributed by atoms with Gasteiger partial charge in [-0.2, -0.15) is 0 Å². The van der Waals surface area contributed by atoms with Crippen LogP contribution in [0, 0.1) is 11.6 Å². The Labute approximate surface area is 119 Å². The Morgan fingerprint density at radius 2 is 2.14 bits per heavy atom. The highest BCUT2D eigenvalue weighted by atomic mass is 19.1. The molecule has 1 aromatic carbocycles. The number of morpholine rings is 1. The van der Waals surface area contributed by atoms with Crippen molar-refractivity contribution >= 4 is 17.5 Å². The number of carbonyl (C=O) groups is 2. The monoisotopic (exact) mass is 299 g/mol. The number of hydrogen-bond donors (Lipinski definition) is 3. The lowest BCUT2D eigenvalue weighted by molar-refractivity contribution is -0.119. The molecule has 1 fully saturated rings. The third-order valence-electron chi connectivity index (χ3n) is 3.01. The van der Waals surface area contributed by atoms with Crippen molar-refractivity contribution in [1.29, 1.82) is 0 Å². The summed E-state index contributed by atoms with van der Waals surface area (Å²) in [7, 11) is 0. The van der Waals surface area contributed by atoms with Gasteiger partial charge in [0.15, 0.2) is 0 Å². The van der Waals surface area contributed by atoms with E-state index in [9.17, 15) is 18.4 Å². The van der Waals surface area contributed by atoms with Crippen molar-refractivity contribution in [2.75, 3.05) is 25.0 Å². The van der Waals surface area contributed by atoms with Crippen molar-refractivity contribution in [3.63, 3.8) is 0 Å². The van der Waals surface area contributed by atoms with Crippen LogP contribution in [0.5, 0.6) is 0 Å². The van der Waals surface area contributed by atoms with Gasteiger partial charge in [0.05, 0.1) is 30.4 Å². The minimum Gasteiger partial charge on any atom is -0.375 e. The lowest BCUT2D eigenvalue weighted by Gasteiger charge is -2.23. The van der Waals surface area contributed by atoms with Crippen LogP contribution < -0.4 is 16.4 Å². The van der Waals surface area contributed by atoms with Gasteiger partial charge in [-0.3, -0.25) is 9.59 Å². The van der Waals surface area contributed by atoms with Crippen LogP contribution in [0.2, 0.25) is 0 Å². The van der Waals surface area contributed by atoms with Gasteiger partial charge in [-0.15, -0.1) is 0 Å². The fourth-order valence-electron chi connectivity index (χ4n) is 1.99. The zero-order valence-electron chi connectivity index (χ0n) is 11.1. The van der Waals surface area contributed by atoms with Crippen molar-refractivity contribution in [3.8, 4) is 0 Å². The van der Waals surface area contributed by atoms with Gasteiger partial charge in [0.25, 0.3) is 5.91 Å². The van der Waals surface area contributed by atoms with Crippen molar-refractivity contribution in [1.82, 2.24) is 5.32 Å². The van der Waals surface area contributed by atoms with E-state index in [0.717, 1.165) is 6.07 Å². The van der Waals surface area contributed by atoms with E-state index in [2.05, 4.69) is 10.6 Å². The first-order valence-electron chi connectivity index (χ1n) is 6.38. The third-order valence-corrected chi connectivity index (χ3v) is 3.01. The molecule has 1 unspecified atom stereocenters. The zero-order chi connectivity index (χ0) is 15.4. The van der Waals surface area contributed by atoms with Gasteiger partial charge in [-0.25, -0.2) is 8.78 Å². The van der Waals surface area contributed by atoms with Crippen LogP contribution >= 0.6 is 0 Å². The molecular weight excluding hydrogens is 284 g/mol. The molecule has 1 aromatic rings. The molecule has 0 aromatic heterocycles. The van der Waals surface area contributed by atoms with E-state index in [1.54, 1.807) is 0 Å². The topological polar surface area (TPSA) is 93.5 Å². The molecule has 8 heteroatoms. The Bertz CT molecular complexity index is 560. The maximum absolute atomic E-state index is 13.6. The molecule has 2 amide bonds. The number of rotatable bonds is 4. The fraction of sp³-hybridized carbons (Fsp3) is 0.385. The van der Waals surface area contributed by atoms with Crippen molar-refractivity contribution in [3.05, 3.63) is 29.3 Å². The summed E-state index contributed by atoms with van der Waals surface area (Å²) in [5, 5.41) is 5.34. The van der Waals surface area contributed by atoms with E-state index >= 15 is 0 Å². The standard InChI is InChI=1S/C13H15F2N3O3/c14-9-5-10(15)11(4-8(9)13(16)20)18-12(19)3-7-6-17-1-2-21-7/h4-5,7,17H,1-3,6H2,(H2,16,20)(H,18,19). The Balaban J connectivity index is 2.06. The van der Waals surface area contributed by atoms with Gasteiger partial charge in [0, 0.05) is 19.2 Å². The smallest absolute Gasteiger partial charge is 0.251 e. The number of hydrogen-bond acceptors (Lipinski definition) is 4. The first-order valence-corrected chi connectivity index (χ1v) is 6.38. The molecule has 0 aliphatic carbocycles. The second kappa shape index (κ2) is 6.59. The first kappa shape index (κ1) is 15.3. The predicted molar refractivity (Wildman–Crippen MR) is 70.7 cm³/mol. The van der Waals surface area contributed by atoms with Gasteiger partial charge >= 0.3 is 0 Å². The molecule has 114 valence electrons. The third kappa shape index (κ3) is 3.96. The summed E-state index contributed by atoms with van der Waals surface area (Å²) < 4.78 is 32.2. The Morgan fingerprint density at radius 1 is 1.38 bits per heavy atom. The number of nitrogens with two attached hydrogens (primary N) is 1. The summed E-state index contributed by atoms with van der Waals surface area (Å²) in [5.74, 6) is -3.58. The molecule has 1 heterocycles. The summed E-state index contributed by atoms with van der Waals surface area (Å²) in [5.41, 5.74) is 4.19. The Kier molecular flexibility index (Phi) is 4.81. The summed E-state index contributed by atoms with van der Waals surface area (Å²) in [4.78, 5) is 22.8. The number of ether oxygens (including phenoxy) is 1. The van der Waals surface area contributed by atoms with Crippen LogP contribution in [0.3, 0.4) is 0 Å². The summed E-state index contributed by atoms with van der Waals surface area (Å²) >= 11 is 0. The molecule has 0 bridgehead atoms. The largest absolute Gasteiger partial charge is 0.375 e. The number of halogens is 2. The summed E-state index contributed by atoms with van der Waals surface area (Å²) in [6.45, 7) is 1.73. The van der Waals surface area contributed by atoms with Crippen LogP contribution in [-0.4, -0.2) is 37.6 Å². The molecule has 1 atom stereocenters. The van der Waals surface area contributed by atoms with Crippen molar-refractivity contribution < 1.29 is 23.1 Å². The molecular formula is C13H15F2N3O3. The lowest BCUT2D eigenvalue weighted by Crippen LogP contribution is -2.40. The van der Waals surface area contributed by atoms with Crippen LogP contribution in [-0.2, 0) is 9.53 Å². The minimum atomic E-state index is -1.07. The highest BCUT2D eigenvalue weighted by Crippen LogP contribution is 2.20. The molecule has 1 aliphatic heterocycles. The Hall–Kier alpha value is -2.06. The molecule has 4 N–H and O–H groups in total. The number of amides is 2. The van der Waals surface area contributed by atoms with Crippen LogP contribution in [0.4, 0.5) is 14.5 Å². The van der Waals surface area contributed by atoms with Gasteiger partial charge in [0.1, 0.15) is 11.6 Å². The number of primary amides is 1. The van der Waals surface area contributed by atoms with E-state index < -0.39 is 29.0 Å². The van der Waals surface area contributed by atoms with Gasteiger partial charge in [-0.1, -0.05) is 0 Å². The molecule has 2 rings (SSSR count). The van der Waals surface area contributed by atoms with E-state index in [1.165, 1.54) is 0 Å². The van der Waals surface area contributed by atoms with Gasteiger partial charge in [0.2, 0.25) is 5.91 Å². The SMILES string of the molecule is NC(=O)c1cc(NC(=O)CC2CNCCO2)c(F)cc1F. The quantitative estimate of drug-likeness (QED) is 0.749. The minimum absolute atomic E-state index is 0.0235. The number of anilines is 1. The fourth-order valence-corrected chi connectivity index (χ4v) is 1.99. The van der Waals surface area contributed by atoms with Gasteiger partial charge < -0.3 is 21.1 Å². The van der Waals surface area contributed by atoms with Crippen molar-refractivity contribution in [2.24, 2.45) is 5.73 Å². The van der Waals surface area contributed by atoms with Gasteiger partial charge in [-0.05, 0) is 6.07 Å². The van der Waals surface area contributed by atoms with Crippen LogP contribution in [0.1, 0.15) is 16.8 Å². The van der Waals surface area contributed by atoms with Crippen LogP contribution in [0.15, 0.2) is 12.1 Å². The molecule has 0 radical (unpaired) electrons. The summed E-state index contributed by atoms with van der Waals surface area (Å²) in [6.07, 6.45) is -0.284. The predicted octanol–water partition coefficient (Wildman–Crippen LogP) is 0.381. The summed E-state index contributed by atoms with van der Waals surface area (Å²) in [6, 6.07) is 1.39. The average molecular weight is 299 g/mol. The molecule has 6 nitrogen and oxygen atoms in total. The van der Waals surface area contributed by atoms with Crippen molar-refractivity contribution in [2.45, 2.75) is 12.5 Å². The molecule has 0 spiro atoms. The van der Waals surface area contributed by atoms with E-state index in [0.29, 0.717) is 25.8 Å². The lowest BCUT2D eigenvalue weighted by atomic mass is 10.1. The Morgan fingerprint density at radius 3 is 2.76 bits per heavy atom.